The Morgan fingerprint density at radius 3 is 2.14 bits per heavy atom. The minimum atomic E-state index is -1.00. The lowest BCUT2D eigenvalue weighted by Crippen LogP contribution is -2.42. The SMILES string of the molecule is N=Cc1ccc(C(Nc2ccc(F)cc2)C(CCC(O)c2ccc(F)cc2)C(=O)N2C(=O)OCC2c2ccccc2)cc1. The van der Waals surface area contributed by atoms with E-state index in [0.29, 0.717) is 22.4 Å². The summed E-state index contributed by atoms with van der Waals surface area (Å²) in [5.74, 6) is -2.25. The molecular weight excluding hydrogens is 552 g/mol. The molecule has 1 aliphatic heterocycles. The van der Waals surface area contributed by atoms with Gasteiger partial charge in [0.2, 0.25) is 5.91 Å². The third-order valence-corrected chi connectivity index (χ3v) is 7.65. The van der Waals surface area contributed by atoms with Gasteiger partial charge in [-0.1, -0.05) is 66.7 Å². The molecule has 0 saturated carbocycles. The van der Waals surface area contributed by atoms with Crippen molar-refractivity contribution in [3.63, 3.8) is 0 Å². The summed E-state index contributed by atoms with van der Waals surface area (Å²) in [6.45, 7) is 0.00357. The van der Waals surface area contributed by atoms with Gasteiger partial charge in [0.25, 0.3) is 0 Å². The number of rotatable bonds is 11. The number of carbonyl (C=O) groups excluding carboxylic acids is 2. The van der Waals surface area contributed by atoms with Crippen LogP contribution >= 0.6 is 0 Å². The Balaban J connectivity index is 1.54. The standard InChI is InChI=1S/C34H31F2N3O4/c35-26-12-10-24(11-13-26)31(40)19-18-29(33(41)39-30(21-43-34(39)42)23-4-2-1-3-5-23)32(25-8-6-22(20-37)7-9-25)38-28-16-14-27(36)15-17-28/h1-17,20,29-32,37-38,40H,18-19,21H2. The quantitative estimate of drug-likeness (QED) is 0.166. The number of cyclic esters (lactones) is 1. The molecule has 4 aromatic rings. The van der Waals surface area contributed by atoms with Gasteiger partial charge in [-0.2, -0.15) is 0 Å². The molecule has 0 radical (unpaired) electrons. The molecule has 0 spiro atoms. The van der Waals surface area contributed by atoms with E-state index in [1.165, 1.54) is 42.6 Å². The molecule has 1 heterocycles. The van der Waals surface area contributed by atoms with Crippen molar-refractivity contribution in [3.05, 3.63) is 137 Å². The molecule has 1 fully saturated rings. The van der Waals surface area contributed by atoms with E-state index < -0.39 is 47.7 Å². The number of halogens is 2. The van der Waals surface area contributed by atoms with Crippen LogP contribution in [0.25, 0.3) is 0 Å². The van der Waals surface area contributed by atoms with Gasteiger partial charge in [0, 0.05) is 11.9 Å². The number of benzene rings is 4. The average molecular weight is 584 g/mol. The number of nitrogens with one attached hydrogen (secondary N) is 2. The summed E-state index contributed by atoms with van der Waals surface area (Å²) < 4.78 is 32.6. The molecule has 2 amide bonds. The molecule has 4 unspecified atom stereocenters. The van der Waals surface area contributed by atoms with E-state index in [-0.39, 0.29) is 19.4 Å². The second-order valence-corrected chi connectivity index (χ2v) is 10.4. The zero-order valence-corrected chi connectivity index (χ0v) is 23.2. The number of carbonyl (C=O) groups is 2. The predicted molar refractivity (Wildman–Crippen MR) is 159 cm³/mol. The molecule has 0 bridgehead atoms. The summed E-state index contributed by atoms with van der Waals surface area (Å²) in [6, 6.07) is 26.0. The van der Waals surface area contributed by atoms with Crippen LogP contribution in [0.5, 0.6) is 0 Å². The molecule has 9 heteroatoms. The van der Waals surface area contributed by atoms with Crippen molar-refractivity contribution in [1.29, 1.82) is 5.41 Å². The Kier molecular flexibility index (Phi) is 9.22. The monoisotopic (exact) mass is 583 g/mol. The molecule has 43 heavy (non-hydrogen) atoms. The molecular formula is C34H31F2N3O4. The van der Waals surface area contributed by atoms with Gasteiger partial charge in [-0.3, -0.25) is 4.79 Å². The molecule has 4 atom stereocenters. The zero-order chi connectivity index (χ0) is 30.3. The van der Waals surface area contributed by atoms with E-state index in [4.69, 9.17) is 10.1 Å². The highest BCUT2D eigenvalue weighted by Gasteiger charge is 2.44. The molecule has 0 aromatic heterocycles. The van der Waals surface area contributed by atoms with E-state index in [2.05, 4.69) is 5.32 Å². The maximum Gasteiger partial charge on any atom is 0.417 e. The smallest absolute Gasteiger partial charge is 0.417 e. The van der Waals surface area contributed by atoms with Crippen molar-refractivity contribution in [2.45, 2.75) is 31.0 Å². The van der Waals surface area contributed by atoms with Gasteiger partial charge < -0.3 is 20.6 Å². The van der Waals surface area contributed by atoms with Gasteiger partial charge in [0.05, 0.1) is 18.1 Å². The Morgan fingerprint density at radius 1 is 0.907 bits per heavy atom. The molecule has 3 N–H and O–H groups in total. The number of nitrogens with zero attached hydrogens (tertiary/aromatic N) is 1. The summed E-state index contributed by atoms with van der Waals surface area (Å²) in [7, 11) is 0. The highest BCUT2D eigenvalue weighted by molar-refractivity contribution is 5.95. The first-order chi connectivity index (χ1) is 20.8. The zero-order valence-electron chi connectivity index (χ0n) is 23.2. The largest absolute Gasteiger partial charge is 0.446 e. The van der Waals surface area contributed by atoms with Gasteiger partial charge in [-0.05, 0) is 71.5 Å². The summed E-state index contributed by atoms with van der Waals surface area (Å²) in [5.41, 5.74) is 3.13. The first kappa shape index (κ1) is 29.6. The first-order valence-corrected chi connectivity index (χ1v) is 13.9. The van der Waals surface area contributed by atoms with Gasteiger partial charge in [-0.25, -0.2) is 18.5 Å². The van der Waals surface area contributed by atoms with Gasteiger partial charge in [0.1, 0.15) is 24.3 Å². The lowest BCUT2D eigenvalue weighted by Gasteiger charge is -2.32. The van der Waals surface area contributed by atoms with Crippen molar-refractivity contribution < 1.29 is 28.2 Å². The Bertz CT molecular complexity index is 1550. The molecule has 1 aliphatic rings. The highest BCUT2D eigenvalue weighted by Crippen LogP contribution is 2.37. The number of anilines is 1. The summed E-state index contributed by atoms with van der Waals surface area (Å²) >= 11 is 0. The van der Waals surface area contributed by atoms with Crippen LogP contribution in [0.3, 0.4) is 0 Å². The predicted octanol–water partition coefficient (Wildman–Crippen LogP) is 6.97. The fourth-order valence-electron chi connectivity index (χ4n) is 5.33. The number of imide groups is 1. The van der Waals surface area contributed by atoms with E-state index in [1.807, 2.05) is 30.3 Å². The fourth-order valence-corrected chi connectivity index (χ4v) is 5.33. The van der Waals surface area contributed by atoms with E-state index in [9.17, 15) is 23.5 Å². The second-order valence-electron chi connectivity index (χ2n) is 10.4. The van der Waals surface area contributed by atoms with Gasteiger partial charge >= 0.3 is 6.09 Å². The van der Waals surface area contributed by atoms with E-state index >= 15 is 0 Å². The van der Waals surface area contributed by atoms with Crippen molar-refractivity contribution in [1.82, 2.24) is 4.90 Å². The Labute approximate surface area is 248 Å². The minimum Gasteiger partial charge on any atom is -0.446 e. The van der Waals surface area contributed by atoms with E-state index in [0.717, 1.165) is 10.5 Å². The van der Waals surface area contributed by atoms with Gasteiger partial charge in [-0.15, -0.1) is 0 Å². The highest BCUT2D eigenvalue weighted by atomic mass is 19.1. The van der Waals surface area contributed by atoms with Crippen LogP contribution < -0.4 is 5.32 Å². The summed E-state index contributed by atoms with van der Waals surface area (Å²) in [5, 5.41) is 21.9. The molecule has 0 aliphatic carbocycles. The number of ether oxygens (including phenoxy) is 1. The number of amides is 2. The minimum absolute atomic E-state index is 0.00357. The number of aliphatic hydroxyl groups is 1. The summed E-state index contributed by atoms with van der Waals surface area (Å²) in [4.78, 5) is 28.7. The normalized spacial score (nSPS) is 16.7. The summed E-state index contributed by atoms with van der Waals surface area (Å²) in [6.07, 6.45) is -0.297. The van der Waals surface area contributed by atoms with Crippen LogP contribution in [0.1, 0.15) is 53.3 Å². The molecule has 7 nitrogen and oxygen atoms in total. The topological polar surface area (TPSA) is 103 Å². The molecule has 1 saturated heterocycles. The number of hydrogen-bond acceptors (Lipinski definition) is 6. The second kappa shape index (κ2) is 13.4. The third kappa shape index (κ3) is 6.95. The number of aliphatic hydroxyl groups excluding tert-OH is 1. The Hall–Kier alpha value is -4.89. The van der Waals surface area contributed by atoms with Crippen LogP contribution in [0.2, 0.25) is 0 Å². The van der Waals surface area contributed by atoms with Crippen LogP contribution in [0.4, 0.5) is 19.3 Å². The van der Waals surface area contributed by atoms with Crippen LogP contribution in [-0.2, 0) is 9.53 Å². The van der Waals surface area contributed by atoms with Crippen molar-refractivity contribution >= 4 is 23.9 Å². The lowest BCUT2D eigenvalue weighted by molar-refractivity contribution is -0.134. The van der Waals surface area contributed by atoms with Crippen molar-refractivity contribution in [2.75, 3.05) is 11.9 Å². The lowest BCUT2D eigenvalue weighted by atomic mass is 9.85. The van der Waals surface area contributed by atoms with Crippen LogP contribution in [0.15, 0.2) is 103 Å². The fraction of sp³-hybridized carbons (Fsp3) is 0.206. The van der Waals surface area contributed by atoms with Crippen LogP contribution in [0, 0.1) is 23.0 Å². The van der Waals surface area contributed by atoms with Gasteiger partial charge in [0.15, 0.2) is 0 Å². The molecule has 220 valence electrons. The Morgan fingerprint density at radius 2 is 1.51 bits per heavy atom. The van der Waals surface area contributed by atoms with Crippen LogP contribution in [-0.4, -0.2) is 34.8 Å². The average Bonchev–Trinajstić information content (AvgIpc) is 3.43. The maximum atomic E-state index is 14.5. The number of hydrogen-bond donors (Lipinski definition) is 3. The molecule has 4 aromatic carbocycles. The van der Waals surface area contributed by atoms with Crippen molar-refractivity contribution in [2.24, 2.45) is 5.92 Å². The van der Waals surface area contributed by atoms with E-state index in [1.54, 1.807) is 36.4 Å². The molecule has 5 rings (SSSR count). The third-order valence-electron chi connectivity index (χ3n) is 7.65. The van der Waals surface area contributed by atoms with Crippen molar-refractivity contribution in [3.8, 4) is 0 Å². The maximum absolute atomic E-state index is 14.5. The first-order valence-electron chi connectivity index (χ1n) is 13.9.